The Balaban J connectivity index is 1.89. The van der Waals surface area contributed by atoms with E-state index in [9.17, 15) is 31.1 Å². The Labute approximate surface area is 195 Å². The lowest BCUT2D eigenvalue weighted by Crippen LogP contribution is -2.40. The summed E-state index contributed by atoms with van der Waals surface area (Å²) in [5.41, 5.74) is -0.784. The Bertz CT molecular complexity index is 1150. The van der Waals surface area contributed by atoms with Crippen LogP contribution < -0.4 is 5.32 Å². The summed E-state index contributed by atoms with van der Waals surface area (Å²) < 4.78 is 77.5. The van der Waals surface area contributed by atoms with Crippen molar-refractivity contribution in [3.8, 4) is 0 Å². The summed E-state index contributed by atoms with van der Waals surface area (Å²) in [6, 6.07) is 7.46. The molecule has 1 aliphatic rings. The molecule has 1 unspecified atom stereocenters. The van der Waals surface area contributed by atoms with E-state index in [1.54, 1.807) is 0 Å². The van der Waals surface area contributed by atoms with Crippen LogP contribution >= 0.6 is 0 Å². The number of nitrogens with zero attached hydrogens (tertiary/aromatic N) is 2. The maximum absolute atomic E-state index is 12.9. The largest absolute Gasteiger partial charge is 0.416 e. The second-order valence-corrected chi connectivity index (χ2v) is 7.22. The van der Waals surface area contributed by atoms with Gasteiger partial charge in [0, 0.05) is 12.3 Å². The van der Waals surface area contributed by atoms with Crippen molar-refractivity contribution in [2.75, 3.05) is 0 Å². The van der Waals surface area contributed by atoms with Crippen LogP contribution in [0.3, 0.4) is 0 Å². The van der Waals surface area contributed by atoms with Gasteiger partial charge in [0.15, 0.2) is 0 Å². The molecule has 1 aliphatic heterocycles. The number of hydrogen-bond donors (Lipinski definition) is 2. The minimum absolute atomic E-state index is 0.0972. The van der Waals surface area contributed by atoms with E-state index in [0.717, 1.165) is 30.3 Å². The van der Waals surface area contributed by atoms with Crippen molar-refractivity contribution in [1.29, 1.82) is 0 Å². The molecule has 1 heterocycles. The molecule has 0 saturated carbocycles. The molecule has 0 aromatic heterocycles. The van der Waals surface area contributed by atoms with Gasteiger partial charge in [-0.25, -0.2) is 0 Å². The molecule has 1 amide bonds. The minimum Gasteiger partial charge on any atom is -0.411 e. The molecule has 2 N–H and O–H groups in total. The topological polar surface area (TPSA) is 74.0 Å². The standard InChI is InChI=1S/C24H17F6N3O2/c25-23(26,27)17-8-4-15(5-9-17)19(16-6-10-18(11-7-16)24(28,29)30)2-1-3-22(34)32-20-12-13-31-14-21(20)33-35/h1-14,20,35H,(H,32,34)/b3-1+,33-21?. The van der Waals surface area contributed by atoms with Crippen molar-refractivity contribution in [3.05, 3.63) is 101 Å². The average molecular weight is 493 g/mol. The molecule has 182 valence electrons. The highest BCUT2D eigenvalue weighted by Crippen LogP contribution is 2.33. The van der Waals surface area contributed by atoms with E-state index in [2.05, 4.69) is 15.5 Å². The number of oxime groups is 1. The number of halogens is 6. The summed E-state index contributed by atoms with van der Waals surface area (Å²) in [6.45, 7) is 0. The Morgan fingerprint density at radius 1 is 0.914 bits per heavy atom. The van der Waals surface area contributed by atoms with Crippen LogP contribution in [0.25, 0.3) is 5.57 Å². The first-order chi connectivity index (χ1) is 16.5. The van der Waals surface area contributed by atoms with E-state index in [-0.39, 0.29) is 5.71 Å². The fraction of sp³-hybridized carbons (Fsp3) is 0.125. The van der Waals surface area contributed by atoms with Gasteiger partial charge >= 0.3 is 12.4 Å². The maximum Gasteiger partial charge on any atom is 0.416 e. The number of hydrogen-bond acceptors (Lipinski definition) is 4. The molecule has 0 radical (unpaired) electrons. The van der Waals surface area contributed by atoms with Crippen molar-refractivity contribution < 1.29 is 36.3 Å². The molecule has 5 nitrogen and oxygen atoms in total. The molecule has 2 aromatic rings. The highest BCUT2D eigenvalue weighted by Gasteiger charge is 2.31. The van der Waals surface area contributed by atoms with Crippen molar-refractivity contribution in [1.82, 2.24) is 5.32 Å². The summed E-state index contributed by atoms with van der Waals surface area (Å²) in [7, 11) is 0. The predicted octanol–water partition coefficient (Wildman–Crippen LogP) is 5.63. The Morgan fingerprint density at radius 2 is 1.43 bits per heavy atom. The van der Waals surface area contributed by atoms with Gasteiger partial charge in [-0.3, -0.25) is 9.79 Å². The number of amides is 1. The van der Waals surface area contributed by atoms with Gasteiger partial charge in [0.1, 0.15) is 5.71 Å². The second kappa shape index (κ2) is 10.4. The molecule has 1 atom stereocenters. The first-order valence-corrected chi connectivity index (χ1v) is 9.95. The normalized spacial score (nSPS) is 17.1. The zero-order valence-electron chi connectivity index (χ0n) is 17.7. The lowest BCUT2D eigenvalue weighted by atomic mass is 9.95. The molecule has 0 bridgehead atoms. The highest BCUT2D eigenvalue weighted by atomic mass is 19.4. The molecule has 3 rings (SSSR count). The van der Waals surface area contributed by atoms with E-state index < -0.39 is 35.4 Å². The van der Waals surface area contributed by atoms with Gasteiger partial charge in [-0.15, -0.1) is 0 Å². The number of carbonyl (C=O) groups is 1. The van der Waals surface area contributed by atoms with Crippen molar-refractivity contribution >= 4 is 23.4 Å². The van der Waals surface area contributed by atoms with Crippen LogP contribution in [0.4, 0.5) is 26.3 Å². The monoisotopic (exact) mass is 493 g/mol. The van der Waals surface area contributed by atoms with E-state index in [0.29, 0.717) is 16.7 Å². The molecular weight excluding hydrogens is 476 g/mol. The van der Waals surface area contributed by atoms with E-state index >= 15 is 0 Å². The maximum atomic E-state index is 12.9. The smallest absolute Gasteiger partial charge is 0.411 e. The lowest BCUT2D eigenvalue weighted by Gasteiger charge is -2.14. The molecule has 0 fully saturated rings. The molecule has 2 aromatic carbocycles. The Morgan fingerprint density at radius 3 is 1.89 bits per heavy atom. The number of benzene rings is 2. The quantitative estimate of drug-likeness (QED) is 0.186. The van der Waals surface area contributed by atoms with Gasteiger partial charge in [-0.1, -0.05) is 41.6 Å². The number of carbonyl (C=O) groups excluding carboxylic acids is 1. The molecule has 0 aliphatic carbocycles. The summed E-state index contributed by atoms with van der Waals surface area (Å²) in [5, 5.41) is 14.5. The third-order valence-corrected chi connectivity index (χ3v) is 4.86. The van der Waals surface area contributed by atoms with Crippen LogP contribution in [0.1, 0.15) is 22.3 Å². The second-order valence-electron chi connectivity index (χ2n) is 7.22. The van der Waals surface area contributed by atoms with Crippen LogP contribution in [-0.2, 0) is 17.1 Å². The first kappa shape index (κ1) is 25.5. The number of alkyl halides is 6. The van der Waals surface area contributed by atoms with Crippen molar-refractivity contribution in [2.24, 2.45) is 10.1 Å². The fourth-order valence-corrected chi connectivity index (χ4v) is 3.11. The molecular formula is C24H17F6N3O2. The van der Waals surface area contributed by atoms with Gasteiger partial charge in [0.25, 0.3) is 0 Å². The van der Waals surface area contributed by atoms with Crippen LogP contribution in [-0.4, -0.2) is 29.1 Å². The van der Waals surface area contributed by atoms with Crippen LogP contribution in [0.2, 0.25) is 0 Å². The molecule has 0 saturated heterocycles. The minimum atomic E-state index is -4.55. The first-order valence-electron chi connectivity index (χ1n) is 9.95. The summed E-state index contributed by atoms with van der Waals surface area (Å²) in [5.74, 6) is -0.591. The summed E-state index contributed by atoms with van der Waals surface area (Å²) in [4.78, 5) is 16.0. The van der Waals surface area contributed by atoms with E-state index in [1.165, 1.54) is 54.9 Å². The SMILES string of the molecule is O=C(/C=C/C=C(c1ccc(C(F)(F)F)cc1)c1ccc(C(F)(F)F)cc1)NC1C=CN=CC1=NO. The fourth-order valence-electron chi connectivity index (χ4n) is 3.11. The van der Waals surface area contributed by atoms with Crippen LogP contribution in [0.5, 0.6) is 0 Å². The zero-order valence-corrected chi connectivity index (χ0v) is 17.7. The summed E-state index contributed by atoms with van der Waals surface area (Å²) in [6.07, 6.45) is -1.17. The number of aliphatic imine (C=N–C) groups is 1. The number of nitrogens with one attached hydrogen (secondary N) is 1. The zero-order chi connectivity index (χ0) is 25.6. The van der Waals surface area contributed by atoms with Gasteiger partial charge in [-0.05, 0) is 47.0 Å². The number of rotatable bonds is 5. The van der Waals surface area contributed by atoms with E-state index in [1.807, 2.05) is 0 Å². The van der Waals surface area contributed by atoms with Gasteiger partial charge in [0.05, 0.1) is 23.4 Å². The average Bonchev–Trinajstić information content (AvgIpc) is 2.81. The third kappa shape index (κ3) is 6.69. The molecule has 11 heteroatoms. The van der Waals surface area contributed by atoms with Crippen LogP contribution in [0.15, 0.2) is 89.2 Å². The third-order valence-electron chi connectivity index (χ3n) is 4.86. The van der Waals surface area contributed by atoms with E-state index in [4.69, 9.17) is 5.21 Å². The van der Waals surface area contributed by atoms with Crippen molar-refractivity contribution in [2.45, 2.75) is 18.4 Å². The predicted molar refractivity (Wildman–Crippen MR) is 118 cm³/mol. The Hall–Kier alpha value is -4.15. The molecule has 0 spiro atoms. The van der Waals surface area contributed by atoms with Crippen molar-refractivity contribution in [3.63, 3.8) is 0 Å². The van der Waals surface area contributed by atoms with Gasteiger partial charge < -0.3 is 10.5 Å². The highest BCUT2D eigenvalue weighted by molar-refractivity contribution is 6.34. The summed E-state index contributed by atoms with van der Waals surface area (Å²) >= 11 is 0. The van der Waals surface area contributed by atoms with Gasteiger partial charge in [0.2, 0.25) is 5.91 Å². The number of allylic oxidation sites excluding steroid dienone is 2. The molecule has 35 heavy (non-hydrogen) atoms. The Kier molecular flexibility index (Phi) is 7.58. The lowest BCUT2D eigenvalue weighted by molar-refractivity contribution is -0.138. The van der Waals surface area contributed by atoms with Crippen LogP contribution in [0, 0.1) is 0 Å². The van der Waals surface area contributed by atoms with Gasteiger partial charge in [-0.2, -0.15) is 26.3 Å².